The van der Waals surface area contributed by atoms with Crippen LogP contribution in [0, 0.1) is 0 Å². The summed E-state index contributed by atoms with van der Waals surface area (Å²) in [6, 6.07) is 50.5. The van der Waals surface area contributed by atoms with Crippen LogP contribution in [0.5, 0.6) is 11.5 Å². The van der Waals surface area contributed by atoms with Crippen molar-refractivity contribution in [1.82, 2.24) is 26.6 Å². The van der Waals surface area contributed by atoms with E-state index in [4.69, 9.17) is 27.8 Å². The van der Waals surface area contributed by atoms with Crippen molar-refractivity contribution >= 4 is 57.6 Å². The molecule has 20 heteroatoms. The second-order valence-corrected chi connectivity index (χ2v) is 21.7. The molecule has 466 valence electrons. The maximum atomic E-state index is 14.6. The number of nitrogens with one attached hydrogen (secondary N) is 5. The van der Waals surface area contributed by atoms with Crippen molar-refractivity contribution in [2.24, 2.45) is 0 Å². The molecule has 0 spiro atoms. The molecule has 91 heavy (non-hydrogen) atoms. The van der Waals surface area contributed by atoms with E-state index in [0.29, 0.717) is 17.5 Å². The van der Waals surface area contributed by atoms with E-state index in [0.717, 1.165) is 46.4 Å². The molecule has 7 aromatic carbocycles. The number of carbonyl (C=O) groups excluding carboxylic acids is 6. The lowest BCUT2D eigenvalue weighted by molar-refractivity contribution is -0.132. The molecule has 4 atom stereocenters. The lowest BCUT2D eigenvalue weighted by Crippen LogP contribution is -2.58. The van der Waals surface area contributed by atoms with E-state index in [1.165, 1.54) is 30.3 Å². The number of unbranched alkanes of at least 4 members (excludes halogenated alkanes) is 1. The van der Waals surface area contributed by atoms with Gasteiger partial charge in [0.2, 0.25) is 23.5 Å². The summed E-state index contributed by atoms with van der Waals surface area (Å²) in [6.07, 6.45) is -0.499. The molecule has 6 N–H and O–H groups in total. The van der Waals surface area contributed by atoms with Gasteiger partial charge in [-0.3, -0.25) is 28.8 Å². The predicted octanol–water partition coefficient (Wildman–Crippen LogP) is 8.13. The van der Waals surface area contributed by atoms with Gasteiger partial charge in [0.15, 0.2) is 16.6 Å². The third-order valence-electron chi connectivity index (χ3n) is 15.2. The van der Waals surface area contributed by atoms with Gasteiger partial charge in [0.05, 0.1) is 6.61 Å². The SMILES string of the molecule is CCCCOC(=O)c1cc(=O)c2c(OCC(O)COc3cccc4oc(C(=O)NCCNC(=O)[C@@H](Cc5ccccc5)NC(=O)[C@@H](Cc5ccccc5)NC(=O)[C@@H](Cc5ccccc5)NC(=O)OCC5c6ccccc6-c6ccccc65)cc(=O)c34)cccc2o1. The van der Waals surface area contributed by atoms with Crippen molar-refractivity contribution in [2.75, 3.05) is 39.5 Å². The third-order valence-corrected chi connectivity index (χ3v) is 15.2. The molecule has 1 aliphatic rings. The molecule has 0 radical (unpaired) electrons. The predicted molar refractivity (Wildman–Crippen MR) is 339 cm³/mol. The van der Waals surface area contributed by atoms with Crippen LogP contribution >= 0.6 is 0 Å². The lowest BCUT2D eigenvalue weighted by Gasteiger charge is -2.26. The fourth-order valence-electron chi connectivity index (χ4n) is 10.7. The van der Waals surface area contributed by atoms with E-state index in [1.54, 1.807) is 54.6 Å². The van der Waals surface area contributed by atoms with E-state index in [1.807, 2.05) is 97.9 Å². The standard InChI is InChI=1S/C71H67N5O15/c1-2-3-35-86-70(84)63-40-57(79)65-59(30-18-32-61(65)91-63)88-42-47(77)41-87-58-29-17-31-60-64(58)56(78)39-62(90-60)69(83)73-34-33-72-66(80)53(36-44-19-7-4-8-20-44)74-67(81)54(37-45-21-9-5-10-22-45)75-68(82)55(38-46-23-11-6-12-24-46)76-71(85)89-43-52-50-27-15-13-25-48(50)49-26-14-16-28-51(49)52/h4-32,39-40,47,52-55,77H,2-3,33-38,41-43H2,1H3,(H,72,80)(H,73,83)(H,74,81)(H,75,82)(H,76,85)/t47?,53-,54-,55-/m1/s1. The monoisotopic (exact) mass is 1230 g/mol. The number of alkyl carbamates (subject to hydrolysis) is 1. The second-order valence-electron chi connectivity index (χ2n) is 21.7. The van der Waals surface area contributed by atoms with Crippen molar-refractivity contribution in [3.63, 3.8) is 0 Å². The van der Waals surface area contributed by atoms with Crippen LogP contribution in [0.4, 0.5) is 4.79 Å². The molecule has 0 saturated carbocycles. The van der Waals surface area contributed by atoms with Gasteiger partial charge in [-0.2, -0.15) is 0 Å². The van der Waals surface area contributed by atoms with E-state index in [9.17, 15) is 43.5 Å². The van der Waals surface area contributed by atoms with Gasteiger partial charge in [-0.1, -0.05) is 165 Å². The van der Waals surface area contributed by atoms with E-state index >= 15 is 0 Å². The summed E-state index contributed by atoms with van der Waals surface area (Å²) >= 11 is 0. The minimum absolute atomic E-state index is 0.00476. The van der Waals surface area contributed by atoms with E-state index in [2.05, 4.69) is 26.6 Å². The van der Waals surface area contributed by atoms with Crippen LogP contribution in [-0.4, -0.2) is 105 Å². The lowest BCUT2D eigenvalue weighted by atomic mass is 9.98. The van der Waals surface area contributed by atoms with Crippen molar-refractivity contribution in [3.8, 4) is 22.6 Å². The number of fused-ring (bicyclic) bond motifs is 5. The van der Waals surface area contributed by atoms with Crippen LogP contribution in [0.2, 0.25) is 0 Å². The molecule has 20 nitrogen and oxygen atoms in total. The van der Waals surface area contributed by atoms with Crippen molar-refractivity contribution < 1.29 is 61.7 Å². The first-order valence-electron chi connectivity index (χ1n) is 29.9. The van der Waals surface area contributed by atoms with Gasteiger partial charge < -0.3 is 59.5 Å². The van der Waals surface area contributed by atoms with Gasteiger partial charge in [-0.05, 0) is 69.6 Å². The summed E-state index contributed by atoms with van der Waals surface area (Å²) in [5, 5.41) is 24.9. The highest BCUT2D eigenvalue weighted by atomic mass is 16.6. The van der Waals surface area contributed by atoms with Crippen molar-refractivity contribution in [3.05, 3.63) is 248 Å². The van der Waals surface area contributed by atoms with Gasteiger partial charge in [0.25, 0.3) is 5.91 Å². The summed E-state index contributed by atoms with van der Waals surface area (Å²) in [4.78, 5) is 110. The Morgan fingerprint density at radius 1 is 0.505 bits per heavy atom. The Morgan fingerprint density at radius 3 is 1.47 bits per heavy atom. The van der Waals surface area contributed by atoms with E-state index < -0.39 is 70.8 Å². The Morgan fingerprint density at radius 2 is 0.956 bits per heavy atom. The van der Waals surface area contributed by atoms with Gasteiger partial charge >= 0.3 is 12.1 Å². The number of benzene rings is 7. The van der Waals surface area contributed by atoms with Gasteiger partial charge in [-0.25, -0.2) is 9.59 Å². The number of hydrogen-bond donors (Lipinski definition) is 6. The largest absolute Gasteiger partial charge is 0.490 e. The normalized spacial score (nSPS) is 12.9. The number of esters is 1. The zero-order chi connectivity index (χ0) is 63.6. The molecule has 2 aromatic heterocycles. The summed E-state index contributed by atoms with van der Waals surface area (Å²) in [7, 11) is 0. The third kappa shape index (κ3) is 16.3. The molecule has 0 fully saturated rings. The molecule has 1 aliphatic carbocycles. The fraction of sp³-hybridized carbons (Fsp3) is 0.239. The molecule has 0 bridgehead atoms. The number of carbonyl (C=O) groups is 6. The highest BCUT2D eigenvalue weighted by Crippen LogP contribution is 2.44. The van der Waals surface area contributed by atoms with Crippen molar-refractivity contribution in [2.45, 2.75) is 69.2 Å². The first kappa shape index (κ1) is 63.2. The molecular formula is C71H67N5O15. The zero-order valence-electron chi connectivity index (χ0n) is 49.7. The topological polar surface area (TPSA) is 280 Å². The molecule has 1 unspecified atom stereocenters. The van der Waals surface area contributed by atoms with E-state index in [-0.39, 0.29) is 110 Å². The summed E-state index contributed by atoms with van der Waals surface area (Å²) < 4.78 is 34.2. The molecule has 0 aliphatic heterocycles. The number of amides is 5. The number of rotatable bonds is 28. The number of aliphatic hydroxyl groups excluding tert-OH is 1. The number of aliphatic hydroxyl groups is 1. The number of hydrogen-bond acceptors (Lipinski definition) is 15. The summed E-state index contributed by atoms with van der Waals surface area (Å²) in [6.45, 7) is 1.18. The molecular weight excluding hydrogens is 1160 g/mol. The Labute approximate surface area is 522 Å². The van der Waals surface area contributed by atoms with Crippen molar-refractivity contribution in [1.29, 1.82) is 0 Å². The Bertz CT molecular complexity index is 4130. The maximum absolute atomic E-state index is 14.6. The van der Waals surface area contributed by atoms with Crippen LogP contribution in [0.3, 0.4) is 0 Å². The maximum Gasteiger partial charge on any atom is 0.407 e. The molecule has 2 heterocycles. The second kappa shape index (κ2) is 30.4. The fourth-order valence-corrected chi connectivity index (χ4v) is 10.7. The first-order chi connectivity index (χ1) is 44.3. The molecule has 10 rings (SSSR count). The highest BCUT2D eigenvalue weighted by Gasteiger charge is 2.33. The molecule has 0 saturated heterocycles. The van der Waals surface area contributed by atoms with Crippen LogP contribution in [0.25, 0.3) is 33.1 Å². The van der Waals surface area contributed by atoms with Crippen LogP contribution in [0.1, 0.15) is 74.6 Å². The summed E-state index contributed by atoms with van der Waals surface area (Å²) in [5.74, 6) is -4.18. The average Bonchev–Trinajstić information content (AvgIpc) is 1.77. The smallest absolute Gasteiger partial charge is 0.407 e. The van der Waals surface area contributed by atoms with Crippen LogP contribution in [0.15, 0.2) is 206 Å². The molecule has 5 amide bonds. The van der Waals surface area contributed by atoms with Gasteiger partial charge in [0.1, 0.15) is 77.5 Å². The van der Waals surface area contributed by atoms with Gasteiger partial charge in [0, 0.05) is 50.4 Å². The zero-order valence-corrected chi connectivity index (χ0v) is 49.7. The summed E-state index contributed by atoms with van der Waals surface area (Å²) in [5.41, 5.74) is 5.23. The molecule has 9 aromatic rings. The minimum atomic E-state index is -1.27. The van der Waals surface area contributed by atoms with Gasteiger partial charge in [-0.15, -0.1) is 0 Å². The van der Waals surface area contributed by atoms with Crippen LogP contribution < -0.4 is 46.9 Å². The Kier molecular flexibility index (Phi) is 21.1. The first-order valence-corrected chi connectivity index (χ1v) is 29.9. The van der Waals surface area contributed by atoms with Crippen LogP contribution in [-0.2, 0) is 43.1 Å². The average molecular weight is 1230 g/mol. The quantitative estimate of drug-likeness (QED) is 0.0199. The minimum Gasteiger partial charge on any atom is -0.490 e. The Hall–Kier alpha value is -10.9. The number of ether oxygens (including phenoxy) is 4. The highest BCUT2D eigenvalue weighted by molar-refractivity contribution is 5.96. The Balaban J connectivity index is 0.758.